The van der Waals surface area contributed by atoms with Crippen molar-refractivity contribution in [2.24, 2.45) is 0 Å². The van der Waals surface area contributed by atoms with Crippen LogP contribution in [-0.4, -0.2) is 35.0 Å². The Hall–Kier alpha value is -1.06. The molecule has 1 saturated heterocycles. The van der Waals surface area contributed by atoms with E-state index in [2.05, 4.69) is 6.92 Å². The molecule has 16 heavy (non-hydrogen) atoms. The largest absolute Gasteiger partial charge is 0.444 e. The molecule has 0 spiro atoms. The van der Waals surface area contributed by atoms with Crippen molar-refractivity contribution in [1.82, 2.24) is 4.90 Å². The zero-order valence-corrected chi connectivity index (χ0v) is 10.6. The van der Waals surface area contributed by atoms with Gasteiger partial charge < -0.3 is 9.53 Å². The van der Waals surface area contributed by atoms with Crippen molar-refractivity contribution in [2.45, 2.75) is 58.1 Å². The zero-order chi connectivity index (χ0) is 12.4. The molecule has 0 unspecified atom stereocenters. The van der Waals surface area contributed by atoms with Crippen LogP contribution in [0.2, 0.25) is 0 Å². The summed E-state index contributed by atoms with van der Waals surface area (Å²) in [5.41, 5.74) is -1.07. The van der Waals surface area contributed by atoms with Gasteiger partial charge >= 0.3 is 6.09 Å². The molecule has 1 fully saturated rings. The van der Waals surface area contributed by atoms with Gasteiger partial charge in [0.25, 0.3) is 0 Å². The summed E-state index contributed by atoms with van der Waals surface area (Å²) in [5.74, 6) is 0. The van der Waals surface area contributed by atoms with Gasteiger partial charge in [0.2, 0.25) is 0 Å². The number of carbonyl (C=O) groups is 2. The third kappa shape index (κ3) is 2.97. The van der Waals surface area contributed by atoms with Crippen LogP contribution in [0.3, 0.4) is 0 Å². The molecule has 0 aromatic carbocycles. The van der Waals surface area contributed by atoms with Gasteiger partial charge in [-0.1, -0.05) is 19.8 Å². The fraction of sp³-hybridized carbons (Fsp3) is 0.833. The molecule has 1 atom stereocenters. The highest BCUT2D eigenvalue weighted by Crippen LogP contribution is 2.36. The first-order chi connectivity index (χ1) is 7.34. The number of unbranched alkanes of at least 4 members (excludes halogenated alkanes) is 1. The third-order valence-electron chi connectivity index (χ3n) is 2.66. The van der Waals surface area contributed by atoms with Crippen molar-refractivity contribution in [3.05, 3.63) is 0 Å². The molecule has 1 heterocycles. The maximum absolute atomic E-state index is 11.7. The Morgan fingerprint density at radius 3 is 2.56 bits per heavy atom. The van der Waals surface area contributed by atoms with Crippen LogP contribution in [0.15, 0.2) is 0 Å². The molecule has 1 rings (SSSR count). The SMILES string of the molecule is CCCC[C@@]1(C=O)CN1C(=O)OC(C)(C)C. The van der Waals surface area contributed by atoms with Gasteiger partial charge in [-0.25, -0.2) is 4.79 Å². The first-order valence-electron chi connectivity index (χ1n) is 5.81. The van der Waals surface area contributed by atoms with E-state index in [0.717, 1.165) is 25.5 Å². The quantitative estimate of drug-likeness (QED) is 0.547. The smallest absolute Gasteiger partial charge is 0.411 e. The number of aldehydes is 1. The molecule has 1 amide bonds. The highest BCUT2D eigenvalue weighted by atomic mass is 16.6. The fourth-order valence-electron chi connectivity index (χ4n) is 1.66. The topological polar surface area (TPSA) is 46.4 Å². The van der Waals surface area contributed by atoms with E-state index in [0.29, 0.717) is 6.54 Å². The van der Waals surface area contributed by atoms with Gasteiger partial charge in [0, 0.05) is 0 Å². The van der Waals surface area contributed by atoms with Gasteiger partial charge in [0.05, 0.1) is 6.54 Å². The van der Waals surface area contributed by atoms with E-state index >= 15 is 0 Å². The van der Waals surface area contributed by atoms with Crippen molar-refractivity contribution < 1.29 is 14.3 Å². The average Bonchev–Trinajstić information content (AvgIpc) is 2.88. The minimum absolute atomic E-state index is 0.379. The van der Waals surface area contributed by atoms with Crippen LogP contribution >= 0.6 is 0 Å². The highest BCUT2D eigenvalue weighted by molar-refractivity contribution is 5.83. The Morgan fingerprint density at radius 1 is 1.50 bits per heavy atom. The molecular formula is C12H21NO3. The zero-order valence-electron chi connectivity index (χ0n) is 10.6. The summed E-state index contributed by atoms with van der Waals surface area (Å²) in [7, 11) is 0. The molecule has 92 valence electrons. The van der Waals surface area contributed by atoms with Gasteiger partial charge in [-0.2, -0.15) is 0 Å². The molecule has 4 nitrogen and oxygen atoms in total. The number of hydrogen-bond acceptors (Lipinski definition) is 3. The highest BCUT2D eigenvalue weighted by Gasteiger charge is 2.55. The van der Waals surface area contributed by atoms with Crippen molar-refractivity contribution >= 4 is 12.4 Å². The molecule has 0 aromatic heterocycles. The predicted molar refractivity (Wildman–Crippen MR) is 61.3 cm³/mol. The summed E-state index contributed by atoms with van der Waals surface area (Å²) < 4.78 is 5.23. The fourth-order valence-corrected chi connectivity index (χ4v) is 1.66. The summed E-state index contributed by atoms with van der Waals surface area (Å²) in [6.45, 7) is 8.04. The molecule has 0 bridgehead atoms. The molecule has 0 N–H and O–H groups in total. The number of ether oxygens (including phenoxy) is 1. The molecule has 4 heteroatoms. The summed E-state index contributed by atoms with van der Waals surface area (Å²) in [6.07, 6.45) is 3.23. The van der Waals surface area contributed by atoms with Crippen molar-refractivity contribution in [1.29, 1.82) is 0 Å². The van der Waals surface area contributed by atoms with Crippen LogP contribution < -0.4 is 0 Å². The second-order valence-electron chi connectivity index (χ2n) is 5.39. The van der Waals surface area contributed by atoms with Crippen LogP contribution in [-0.2, 0) is 9.53 Å². The summed E-state index contributed by atoms with van der Waals surface area (Å²) in [5, 5.41) is 0. The lowest BCUT2D eigenvalue weighted by molar-refractivity contribution is -0.111. The minimum Gasteiger partial charge on any atom is -0.444 e. The van der Waals surface area contributed by atoms with Crippen molar-refractivity contribution in [3.63, 3.8) is 0 Å². The molecule has 1 aliphatic heterocycles. The number of hydrogen-bond donors (Lipinski definition) is 0. The van der Waals surface area contributed by atoms with Gasteiger partial charge in [-0.3, -0.25) is 4.90 Å². The lowest BCUT2D eigenvalue weighted by atomic mass is 10.0. The van der Waals surface area contributed by atoms with Crippen LogP contribution in [0, 0.1) is 0 Å². The molecule has 0 saturated carbocycles. The second-order valence-corrected chi connectivity index (χ2v) is 5.39. The summed E-state index contributed by atoms with van der Waals surface area (Å²) >= 11 is 0. The molecule has 1 aliphatic rings. The minimum atomic E-state index is -0.571. The molecular weight excluding hydrogens is 206 g/mol. The predicted octanol–water partition coefficient (Wildman–Crippen LogP) is 2.37. The molecule has 0 aromatic rings. The Balaban J connectivity index is 2.52. The van der Waals surface area contributed by atoms with E-state index in [-0.39, 0.29) is 6.09 Å². The maximum atomic E-state index is 11.7. The normalized spacial score (nSPS) is 24.1. The lowest BCUT2D eigenvalue weighted by Gasteiger charge is -2.21. The van der Waals surface area contributed by atoms with Gasteiger partial charge in [-0.05, 0) is 27.2 Å². The molecule has 0 radical (unpaired) electrons. The molecule has 0 aliphatic carbocycles. The Kier molecular flexibility index (Phi) is 3.61. The van der Waals surface area contributed by atoms with Crippen LogP contribution in [0.25, 0.3) is 0 Å². The summed E-state index contributed by atoms with van der Waals surface area (Å²) in [6, 6.07) is 0. The third-order valence-corrected chi connectivity index (χ3v) is 2.66. The van der Waals surface area contributed by atoms with Gasteiger partial charge in [0.15, 0.2) is 0 Å². The average molecular weight is 227 g/mol. The first kappa shape index (κ1) is 13.0. The standard InChI is InChI=1S/C12H21NO3/c1-5-6-7-12(9-14)8-13(12)10(15)16-11(2,3)4/h9H,5-8H2,1-4H3/t12-,13?/m0/s1. The van der Waals surface area contributed by atoms with E-state index in [9.17, 15) is 9.59 Å². The van der Waals surface area contributed by atoms with Gasteiger partial charge in [-0.15, -0.1) is 0 Å². The van der Waals surface area contributed by atoms with E-state index in [1.807, 2.05) is 20.8 Å². The van der Waals surface area contributed by atoms with Gasteiger partial charge in [0.1, 0.15) is 17.4 Å². The van der Waals surface area contributed by atoms with Crippen LogP contribution in [0.5, 0.6) is 0 Å². The van der Waals surface area contributed by atoms with E-state index in [1.165, 1.54) is 4.90 Å². The lowest BCUT2D eigenvalue weighted by Crippen LogP contribution is -2.31. The maximum Gasteiger partial charge on any atom is 0.411 e. The van der Waals surface area contributed by atoms with Crippen molar-refractivity contribution in [3.8, 4) is 0 Å². The second kappa shape index (κ2) is 4.44. The number of nitrogens with zero attached hydrogens (tertiary/aromatic N) is 1. The Labute approximate surface area is 96.9 Å². The summed E-state index contributed by atoms with van der Waals surface area (Å²) in [4.78, 5) is 24.2. The van der Waals surface area contributed by atoms with Crippen molar-refractivity contribution in [2.75, 3.05) is 6.54 Å². The Morgan fingerprint density at radius 2 is 2.12 bits per heavy atom. The number of rotatable bonds is 4. The van der Waals surface area contributed by atoms with Crippen LogP contribution in [0.4, 0.5) is 4.79 Å². The monoisotopic (exact) mass is 227 g/mol. The first-order valence-corrected chi connectivity index (χ1v) is 5.81. The van der Waals surface area contributed by atoms with Crippen LogP contribution in [0.1, 0.15) is 47.0 Å². The number of carbonyl (C=O) groups excluding carboxylic acids is 2. The van der Waals surface area contributed by atoms with E-state index in [4.69, 9.17) is 4.74 Å². The van der Waals surface area contributed by atoms with E-state index in [1.54, 1.807) is 0 Å². The van der Waals surface area contributed by atoms with E-state index < -0.39 is 11.1 Å². The Bertz CT molecular complexity index is 282. The number of amides is 1.